The highest BCUT2D eigenvalue weighted by atomic mass is 35.5. The molecule has 0 saturated carbocycles. The van der Waals surface area contributed by atoms with Gasteiger partial charge in [-0.05, 0) is 61.9 Å². The Labute approximate surface area is 121 Å². The third-order valence-corrected chi connectivity index (χ3v) is 4.46. The first-order valence-electron chi connectivity index (χ1n) is 7.48. The highest BCUT2D eigenvalue weighted by Crippen LogP contribution is 2.29. The minimum atomic E-state index is 0.679. The number of nitrogens with two attached hydrogens (primary N) is 1. The Balaban J connectivity index is 2.16. The molecule has 19 heavy (non-hydrogen) atoms. The van der Waals surface area contributed by atoms with Crippen LogP contribution in [0.4, 0.5) is 5.69 Å². The highest BCUT2D eigenvalue weighted by Gasteiger charge is 2.17. The van der Waals surface area contributed by atoms with Crippen molar-refractivity contribution in [1.82, 2.24) is 0 Å². The van der Waals surface area contributed by atoms with Crippen molar-refractivity contribution in [3.05, 3.63) is 28.8 Å². The molecule has 3 heteroatoms. The average molecular weight is 281 g/mol. The van der Waals surface area contributed by atoms with Gasteiger partial charge in [-0.15, -0.1) is 0 Å². The number of rotatable bonds is 4. The summed E-state index contributed by atoms with van der Waals surface area (Å²) in [5.74, 6) is 0.898. The topological polar surface area (TPSA) is 29.3 Å². The smallest absolute Gasteiger partial charge is 0.0410 e. The number of halogens is 1. The van der Waals surface area contributed by atoms with Crippen molar-refractivity contribution in [1.29, 1.82) is 0 Å². The first-order valence-corrected chi connectivity index (χ1v) is 7.85. The van der Waals surface area contributed by atoms with E-state index < -0.39 is 0 Å². The van der Waals surface area contributed by atoms with Crippen LogP contribution in [0.5, 0.6) is 0 Å². The molecule has 1 unspecified atom stereocenters. The summed E-state index contributed by atoms with van der Waals surface area (Å²) in [6, 6.07) is 6.24. The maximum atomic E-state index is 6.11. The van der Waals surface area contributed by atoms with Crippen LogP contribution < -0.4 is 10.6 Å². The van der Waals surface area contributed by atoms with Gasteiger partial charge >= 0.3 is 0 Å². The lowest BCUT2D eigenvalue weighted by Crippen LogP contribution is -2.25. The molecule has 1 aromatic rings. The van der Waals surface area contributed by atoms with E-state index in [0.717, 1.165) is 30.5 Å². The largest absolute Gasteiger partial charge is 0.371 e. The van der Waals surface area contributed by atoms with Gasteiger partial charge in [0, 0.05) is 23.8 Å². The standard InChI is InChI=1S/C16H25ClN2/c1-2-13-4-3-10-19(11-8-13)16-6-5-15(17)12-14(16)7-9-18/h5-6,12-13H,2-4,7-11,18H2,1H3. The van der Waals surface area contributed by atoms with Crippen LogP contribution in [0.2, 0.25) is 5.02 Å². The molecule has 1 aliphatic rings. The van der Waals surface area contributed by atoms with Gasteiger partial charge in [0.2, 0.25) is 0 Å². The lowest BCUT2D eigenvalue weighted by molar-refractivity contribution is 0.459. The zero-order valence-corrected chi connectivity index (χ0v) is 12.6. The molecule has 2 N–H and O–H groups in total. The molecule has 0 aliphatic carbocycles. The van der Waals surface area contributed by atoms with E-state index in [4.69, 9.17) is 17.3 Å². The Morgan fingerprint density at radius 2 is 2.16 bits per heavy atom. The predicted octanol–water partition coefficient (Wildman–Crippen LogP) is 3.86. The first kappa shape index (κ1) is 14.7. The SMILES string of the molecule is CCC1CCCN(c2ccc(Cl)cc2CCN)CC1. The maximum absolute atomic E-state index is 6.11. The average Bonchev–Trinajstić information content (AvgIpc) is 2.65. The van der Waals surface area contributed by atoms with Gasteiger partial charge in [0.25, 0.3) is 0 Å². The molecule has 0 spiro atoms. The molecular formula is C16H25ClN2. The molecule has 2 nitrogen and oxygen atoms in total. The van der Waals surface area contributed by atoms with Gasteiger partial charge in [-0.3, -0.25) is 0 Å². The molecule has 1 aromatic carbocycles. The fraction of sp³-hybridized carbons (Fsp3) is 0.625. The normalized spacial score (nSPS) is 20.4. The van der Waals surface area contributed by atoms with Crippen LogP contribution in [-0.4, -0.2) is 19.6 Å². The molecule has 1 fully saturated rings. The van der Waals surface area contributed by atoms with E-state index >= 15 is 0 Å². The van der Waals surface area contributed by atoms with E-state index in [0.29, 0.717) is 6.54 Å². The Hall–Kier alpha value is -0.730. The van der Waals surface area contributed by atoms with Crippen molar-refractivity contribution < 1.29 is 0 Å². The van der Waals surface area contributed by atoms with Crippen LogP contribution in [0.1, 0.15) is 38.2 Å². The number of anilines is 1. The Morgan fingerprint density at radius 1 is 1.32 bits per heavy atom. The van der Waals surface area contributed by atoms with Crippen LogP contribution in [0.25, 0.3) is 0 Å². The summed E-state index contributed by atoms with van der Waals surface area (Å²) in [5, 5.41) is 0.813. The second-order valence-corrected chi connectivity index (χ2v) is 5.94. The maximum Gasteiger partial charge on any atom is 0.0410 e. The minimum Gasteiger partial charge on any atom is -0.371 e. The van der Waals surface area contributed by atoms with Crippen LogP contribution in [-0.2, 0) is 6.42 Å². The van der Waals surface area contributed by atoms with E-state index in [1.54, 1.807) is 0 Å². The molecule has 2 rings (SSSR count). The summed E-state index contributed by atoms with van der Waals surface area (Å²) in [5.41, 5.74) is 8.36. The van der Waals surface area contributed by atoms with Crippen LogP contribution >= 0.6 is 11.6 Å². The zero-order valence-electron chi connectivity index (χ0n) is 11.9. The molecule has 106 valence electrons. The molecule has 0 amide bonds. The van der Waals surface area contributed by atoms with E-state index in [9.17, 15) is 0 Å². The number of hydrogen-bond donors (Lipinski definition) is 1. The van der Waals surface area contributed by atoms with Gasteiger partial charge in [-0.1, -0.05) is 24.9 Å². The molecule has 1 heterocycles. The van der Waals surface area contributed by atoms with Crippen LogP contribution in [0, 0.1) is 5.92 Å². The Kier molecular flexibility index (Phi) is 5.53. The van der Waals surface area contributed by atoms with Crippen molar-refractivity contribution in [2.75, 3.05) is 24.5 Å². The summed E-state index contributed by atoms with van der Waals surface area (Å²) in [6.07, 6.45) is 6.19. The summed E-state index contributed by atoms with van der Waals surface area (Å²) >= 11 is 6.11. The predicted molar refractivity (Wildman–Crippen MR) is 84.1 cm³/mol. The van der Waals surface area contributed by atoms with Crippen molar-refractivity contribution in [2.45, 2.75) is 39.0 Å². The highest BCUT2D eigenvalue weighted by molar-refractivity contribution is 6.30. The third kappa shape index (κ3) is 3.87. The summed E-state index contributed by atoms with van der Waals surface area (Å²) < 4.78 is 0. The molecular weight excluding hydrogens is 256 g/mol. The summed E-state index contributed by atoms with van der Waals surface area (Å²) in [4.78, 5) is 2.52. The van der Waals surface area contributed by atoms with Gasteiger partial charge < -0.3 is 10.6 Å². The zero-order chi connectivity index (χ0) is 13.7. The fourth-order valence-corrected chi connectivity index (χ4v) is 3.23. The number of nitrogens with zero attached hydrogens (tertiary/aromatic N) is 1. The van der Waals surface area contributed by atoms with Gasteiger partial charge in [-0.2, -0.15) is 0 Å². The van der Waals surface area contributed by atoms with Crippen molar-refractivity contribution >= 4 is 17.3 Å². The van der Waals surface area contributed by atoms with Gasteiger partial charge in [0.05, 0.1) is 0 Å². The van der Waals surface area contributed by atoms with Gasteiger partial charge in [0.1, 0.15) is 0 Å². The van der Waals surface area contributed by atoms with E-state index in [-0.39, 0.29) is 0 Å². The monoisotopic (exact) mass is 280 g/mol. The third-order valence-electron chi connectivity index (χ3n) is 4.22. The number of benzene rings is 1. The molecule has 0 radical (unpaired) electrons. The van der Waals surface area contributed by atoms with Crippen LogP contribution in [0.3, 0.4) is 0 Å². The first-order chi connectivity index (χ1) is 9.24. The van der Waals surface area contributed by atoms with Crippen molar-refractivity contribution in [3.8, 4) is 0 Å². The molecule has 1 aliphatic heterocycles. The quantitative estimate of drug-likeness (QED) is 0.907. The summed E-state index contributed by atoms with van der Waals surface area (Å²) in [6.45, 7) is 5.31. The van der Waals surface area contributed by atoms with Crippen LogP contribution in [0.15, 0.2) is 18.2 Å². The van der Waals surface area contributed by atoms with E-state index in [2.05, 4.69) is 24.0 Å². The van der Waals surface area contributed by atoms with Crippen molar-refractivity contribution in [2.24, 2.45) is 11.7 Å². The lowest BCUT2D eigenvalue weighted by Gasteiger charge is -2.26. The molecule has 1 saturated heterocycles. The van der Waals surface area contributed by atoms with E-state index in [1.807, 2.05) is 6.07 Å². The van der Waals surface area contributed by atoms with Crippen molar-refractivity contribution in [3.63, 3.8) is 0 Å². The second-order valence-electron chi connectivity index (χ2n) is 5.50. The lowest BCUT2D eigenvalue weighted by atomic mass is 9.98. The molecule has 0 bridgehead atoms. The fourth-order valence-electron chi connectivity index (χ4n) is 3.03. The Bertz CT molecular complexity index is 406. The molecule has 1 atom stereocenters. The molecule has 0 aromatic heterocycles. The van der Waals surface area contributed by atoms with E-state index in [1.165, 1.54) is 36.9 Å². The summed E-state index contributed by atoms with van der Waals surface area (Å²) in [7, 11) is 0. The Morgan fingerprint density at radius 3 is 2.89 bits per heavy atom. The minimum absolute atomic E-state index is 0.679. The van der Waals surface area contributed by atoms with Gasteiger partial charge in [-0.25, -0.2) is 0 Å². The van der Waals surface area contributed by atoms with Gasteiger partial charge in [0.15, 0.2) is 0 Å². The second kappa shape index (κ2) is 7.16. The number of hydrogen-bond acceptors (Lipinski definition) is 2.